The van der Waals surface area contributed by atoms with Crippen molar-refractivity contribution in [1.29, 1.82) is 0 Å². The topological polar surface area (TPSA) is 75.7 Å². The second-order valence-corrected chi connectivity index (χ2v) is 8.64. The van der Waals surface area contributed by atoms with Gasteiger partial charge in [0, 0.05) is 11.6 Å². The number of hydrogen-bond acceptors (Lipinski definition) is 5. The normalized spacial score (nSPS) is 21.3. The largest absolute Gasteiger partial charge is 0.482 e. The van der Waals surface area contributed by atoms with Crippen molar-refractivity contribution in [2.45, 2.75) is 38.6 Å². The van der Waals surface area contributed by atoms with E-state index in [4.69, 9.17) is 4.74 Å². The lowest BCUT2D eigenvalue weighted by atomic mass is 9.86. The van der Waals surface area contributed by atoms with Crippen LogP contribution in [-0.2, 0) is 9.59 Å². The molecule has 1 aromatic carbocycles. The van der Waals surface area contributed by atoms with Crippen LogP contribution in [0.1, 0.15) is 47.8 Å². The summed E-state index contributed by atoms with van der Waals surface area (Å²) in [5.74, 6) is 0.368. The number of benzene rings is 1. The molecule has 1 aliphatic carbocycles. The Bertz CT molecular complexity index is 925. The van der Waals surface area contributed by atoms with Gasteiger partial charge in [-0.15, -0.1) is 11.3 Å². The molecule has 4 rings (SSSR count). The maximum Gasteiger partial charge on any atom is 0.265 e. The SMILES string of the molecule is C[C@H]1CCCC[C@@H]1NC(=O)CN1C(=O)COc2ccc(C(=O)c3cccs3)cc21. The fourth-order valence-electron chi connectivity index (χ4n) is 3.99. The van der Waals surface area contributed by atoms with Gasteiger partial charge in [-0.2, -0.15) is 0 Å². The lowest BCUT2D eigenvalue weighted by molar-refractivity contribution is -0.126. The van der Waals surface area contributed by atoms with E-state index >= 15 is 0 Å². The number of ketones is 1. The van der Waals surface area contributed by atoms with Gasteiger partial charge in [0.25, 0.3) is 5.91 Å². The van der Waals surface area contributed by atoms with Crippen molar-refractivity contribution >= 4 is 34.6 Å². The molecule has 2 aliphatic rings. The molecule has 2 amide bonds. The lowest BCUT2D eigenvalue weighted by Gasteiger charge is -2.32. The third-order valence-electron chi connectivity index (χ3n) is 5.67. The number of amides is 2. The summed E-state index contributed by atoms with van der Waals surface area (Å²) in [5, 5.41) is 4.94. The summed E-state index contributed by atoms with van der Waals surface area (Å²) >= 11 is 1.37. The minimum Gasteiger partial charge on any atom is -0.482 e. The van der Waals surface area contributed by atoms with Crippen LogP contribution in [-0.4, -0.2) is 36.8 Å². The minimum atomic E-state index is -0.287. The summed E-state index contributed by atoms with van der Waals surface area (Å²) < 4.78 is 5.51. The average Bonchev–Trinajstić information content (AvgIpc) is 3.26. The quantitative estimate of drug-likeness (QED) is 0.764. The van der Waals surface area contributed by atoms with Crippen molar-refractivity contribution < 1.29 is 19.1 Å². The van der Waals surface area contributed by atoms with E-state index in [1.807, 2.05) is 11.4 Å². The molecule has 1 N–H and O–H groups in total. The van der Waals surface area contributed by atoms with E-state index < -0.39 is 0 Å². The van der Waals surface area contributed by atoms with E-state index in [0.717, 1.165) is 19.3 Å². The fraction of sp³-hybridized carbons (Fsp3) is 0.409. The van der Waals surface area contributed by atoms with Crippen LogP contribution in [0.25, 0.3) is 0 Å². The van der Waals surface area contributed by atoms with Crippen LogP contribution in [0.5, 0.6) is 5.75 Å². The second kappa shape index (κ2) is 8.37. The molecule has 0 spiro atoms. The van der Waals surface area contributed by atoms with Crippen molar-refractivity contribution in [3.05, 3.63) is 46.2 Å². The van der Waals surface area contributed by atoms with Gasteiger partial charge in [-0.3, -0.25) is 19.3 Å². The van der Waals surface area contributed by atoms with Crippen LogP contribution in [0.15, 0.2) is 35.7 Å². The number of carbonyl (C=O) groups is 3. The Hall–Kier alpha value is -2.67. The standard InChI is InChI=1S/C22H24N2O4S/c1-14-5-2-3-6-16(14)23-20(25)12-24-17-11-15(22(27)19-7-4-10-29-19)8-9-18(17)28-13-21(24)26/h4,7-11,14,16H,2-3,5-6,12-13H2,1H3,(H,23,25)/t14-,16-/m0/s1. The number of nitrogens with zero attached hydrogens (tertiary/aromatic N) is 1. The number of nitrogens with one attached hydrogen (secondary N) is 1. The predicted octanol–water partition coefficient (Wildman–Crippen LogP) is 3.40. The highest BCUT2D eigenvalue weighted by Gasteiger charge is 2.30. The first kappa shape index (κ1) is 19.6. The summed E-state index contributed by atoms with van der Waals surface area (Å²) in [7, 11) is 0. The smallest absolute Gasteiger partial charge is 0.265 e. The number of fused-ring (bicyclic) bond motifs is 1. The number of thiophene rings is 1. The molecule has 0 saturated heterocycles. The number of anilines is 1. The van der Waals surface area contributed by atoms with Crippen LogP contribution in [0.4, 0.5) is 5.69 Å². The predicted molar refractivity (Wildman–Crippen MR) is 112 cm³/mol. The molecule has 1 fully saturated rings. The summed E-state index contributed by atoms with van der Waals surface area (Å²) in [6.07, 6.45) is 4.39. The zero-order chi connectivity index (χ0) is 20.4. The van der Waals surface area contributed by atoms with E-state index in [-0.39, 0.29) is 36.8 Å². The van der Waals surface area contributed by atoms with E-state index in [2.05, 4.69) is 12.2 Å². The Morgan fingerprint density at radius 1 is 1.24 bits per heavy atom. The van der Waals surface area contributed by atoms with Gasteiger partial charge in [-0.25, -0.2) is 0 Å². The molecule has 2 aromatic rings. The molecule has 1 aliphatic heterocycles. The molecule has 7 heteroatoms. The number of hydrogen-bond donors (Lipinski definition) is 1. The zero-order valence-electron chi connectivity index (χ0n) is 16.3. The first-order valence-corrected chi connectivity index (χ1v) is 10.9. The van der Waals surface area contributed by atoms with E-state index in [9.17, 15) is 14.4 Å². The van der Waals surface area contributed by atoms with Gasteiger partial charge in [0.15, 0.2) is 6.61 Å². The summed E-state index contributed by atoms with van der Waals surface area (Å²) in [4.78, 5) is 39.9. The van der Waals surface area contributed by atoms with E-state index in [0.29, 0.717) is 27.8 Å². The van der Waals surface area contributed by atoms with Crippen LogP contribution in [0.3, 0.4) is 0 Å². The van der Waals surface area contributed by atoms with E-state index in [1.54, 1.807) is 24.3 Å². The third kappa shape index (κ3) is 4.19. The first-order chi connectivity index (χ1) is 14.0. The first-order valence-electron chi connectivity index (χ1n) is 9.97. The zero-order valence-corrected chi connectivity index (χ0v) is 17.2. The summed E-state index contributed by atoms with van der Waals surface area (Å²) in [6, 6.07) is 8.77. The maximum absolute atomic E-state index is 12.7. The number of carbonyl (C=O) groups excluding carboxylic acids is 3. The van der Waals surface area contributed by atoms with Crippen molar-refractivity contribution in [3.63, 3.8) is 0 Å². The molecule has 1 saturated carbocycles. The highest BCUT2D eigenvalue weighted by molar-refractivity contribution is 7.12. The Kier molecular flexibility index (Phi) is 5.67. The second-order valence-electron chi connectivity index (χ2n) is 7.69. The molecule has 0 radical (unpaired) electrons. The third-order valence-corrected chi connectivity index (χ3v) is 6.54. The van der Waals surface area contributed by atoms with Crippen molar-refractivity contribution in [3.8, 4) is 5.75 Å². The average molecular weight is 413 g/mol. The molecule has 0 bridgehead atoms. The number of ether oxygens (including phenoxy) is 1. The van der Waals surface area contributed by atoms with Gasteiger partial charge in [0.1, 0.15) is 12.3 Å². The van der Waals surface area contributed by atoms with Gasteiger partial charge in [-0.05, 0) is 48.4 Å². The van der Waals surface area contributed by atoms with Gasteiger partial charge in [0.2, 0.25) is 11.7 Å². The summed E-state index contributed by atoms with van der Waals surface area (Å²) in [5.41, 5.74) is 0.936. The highest BCUT2D eigenvalue weighted by Crippen LogP contribution is 2.34. The van der Waals surface area contributed by atoms with Crippen LogP contribution in [0, 0.1) is 5.92 Å². The molecular weight excluding hydrogens is 388 g/mol. The fourth-order valence-corrected chi connectivity index (χ4v) is 4.68. The monoisotopic (exact) mass is 412 g/mol. The van der Waals surface area contributed by atoms with Crippen molar-refractivity contribution in [2.75, 3.05) is 18.1 Å². The van der Waals surface area contributed by atoms with Gasteiger partial charge in [0.05, 0.1) is 10.6 Å². The maximum atomic E-state index is 12.7. The number of rotatable bonds is 5. The Morgan fingerprint density at radius 3 is 2.83 bits per heavy atom. The highest BCUT2D eigenvalue weighted by atomic mass is 32.1. The van der Waals surface area contributed by atoms with Crippen molar-refractivity contribution in [1.82, 2.24) is 5.32 Å². The molecule has 2 atom stereocenters. The van der Waals surface area contributed by atoms with Crippen LogP contribution in [0.2, 0.25) is 0 Å². The van der Waals surface area contributed by atoms with Crippen LogP contribution < -0.4 is 15.0 Å². The van der Waals surface area contributed by atoms with Gasteiger partial charge in [-0.1, -0.05) is 25.8 Å². The van der Waals surface area contributed by atoms with Crippen molar-refractivity contribution in [2.24, 2.45) is 5.92 Å². The molecular formula is C22H24N2O4S. The van der Waals surface area contributed by atoms with Gasteiger partial charge < -0.3 is 10.1 Å². The lowest BCUT2D eigenvalue weighted by Crippen LogP contribution is -2.49. The molecule has 29 heavy (non-hydrogen) atoms. The molecule has 6 nitrogen and oxygen atoms in total. The molecule has 0 unspecified atom stereocenters. The van der Waals surface area contributed by atoms with Gasteiger partial charge >= 0.3 is 0 Å². The Morgan fingerprint density at radius 2 is 2.07 bits per heavy atom. The van der Waals surface area contributed by atoms with Crippen LogP contribution >= 0.6 is 11.3 Å². The molecule has 1 aromatic heterocycles. The van der Waals surface area contributed by atoms with E-state index in [1.165, 1.54) is 22.7 Å². The molecule has 152 valence electrons. The Labute approximate surface area is 173 Å². The minimum absolute atomic E-state index is 0.0743. The summed E-state index contributed by atoms with van der Waals surface area (Å²) in [6.45, 7) is 1.97. The molecule has 2 heterocycles. The Balaban J connectivity index is 1.53.